The fraction of sp³-hybridized carbons (Fsp3) is 0.400. The van der Waals surface area contributed by atoms with E-state index in [1.54, 1.807) is 6.92 Å². The van der Waals surface area contributed by atoms with Gasteiger partial charge in [0.1, 0.15) is 0 Å². The zero-order valence-corrected chi connectivity index (χ0v) is 3.77. The van der Waals surface area contributed by atoms with Crippen molar-refractivity contribution in [3.8, 4) is 0 Å². The monoisotopic (exact) mass is 83.0 g/mol. The third-order valence-electron chi connectivity index (χ3n) is 0.534. The number of carbonyl (C=O) groups excluding carboxylic acids is 1. The zero-order valence-electron chi connectivity index (χ0n) is 3.77. The van der Waals surface area contributed by atoms with Gasteiger partial charge in [0, 0.05) is 0 Å². The summed E-state index contributed by atoms with van der Waals surface area (Å²) in [5.41, 5.74) is 0. The van der Waals surface area contributed by atoms with Crippen LogP contribution in [-0.2, 0) is 4.79 Å². The molecule has 0 saturated carbocycles. The molecule has 0 N–H and O–H groups in total. The van der Waals surface area contributed by atoms with Crippen LogP contribution < -0.4 is 0 Å². The second-order valence-electron chi connectivity index (χ2n) is 0.987. The Kier molecular flexibility index (Phi) is 2.26. The smallest absolute Gasteiger partial charge is 0.177 e. The molecule has 1 nitrogen and oxygen atoms in total. The third kappa shape index (κ3) is 1.62. The molecule has 0 bridgehead atoms. The second-order valence-corrected chi connectivity index (χ2v) is 0.987. The largest absolute Gasteiger partial charge is 0.300 e. The molecule has 0 unspecified atom stereocenters. The van der Waals surface area contributed by atoms with Crippen molar-refractivity contribution < 1.29 is 4.79 Å². The average molecular weight is 83.1 g/mol. The Labute approximate surface area is 37.7 Å². The molecule has 1 heteroatoms. The maximum Gasteiger partial charge on any atom is 0.300 e. The van der Waals surface area contributed by atoms with Crippen LogP contribution >= 0.6 is 0 Å². The molecule has 0 heterocycles. The van der Waals surface area contributed by atoms with Gasteiger partial charge in [0.25, 0.3) is 0 Å². The second kappa shape index (κ2) is 2.55. The Balaban J connectivity index is 3.23. The van der Waals surface area contributed by atoms with Gasteiger partial charge in [0.2, 0.25) is 0 Å². The molecular weight excluding hydrogens is 76.1 g/mol. The Morgan fingerprint density at radius 2 is 2.50 bits per heavy atom. The van der Waals surface area contributed by atoms with E-state index in [2.05, 4.69) is 0 Å². The molecule has 0 fully saturated rings. The van der Waals surface area contributed by atoms with Gasteiger partial charge in [-0.25, -0.2) is 0 Å². The normalized spacial score (nSPS) is 7.33. The van der Waals surface area contributed by atoms with Crippen molar-refractivity contribution in [3.63, 3.8) is 0 Å². The summed E-state index contributed by atoms with van der Waals surface area (Å²) in [6, 6.07) is 0. The first-order chi connectivity index (χ1) is 2.81. The van der Waals surface area contributed by atoms with E-state index in [9.17, 15) is 4.79 Å². The van der Waals surface area contributed by atoms with Crippen molar-refractivity contribution in [2.24, 2.45) is 0 Å². The van der Waals surface area contributed by atoms with E-state index in [0.29, 0.717) is 6.42 Å². The topological polar surface area (TPSA) is 17.1 Å². The van der Waals surface area contributed by atoms with E-state index in [1.165, 1.54) is 0 Å². The first-order valence-corrected chi connectivity index (χ1v) is 1.89. The molecule has 0 rings (SSSR count). The van der Waals surface area contributed by atoms with Crippen molar-refractivity contribution >= 4 is 5.78 Å². The molecular formula is C5H7O+. The van der Waals surface area contributed by atoms with E-state index in [4.69, 9.17) is 6.58 Å². The Morgan fingerprint density at radius 1 is 2.00 bits per heavy atom. The molecule has 32 valence electrons. The fourth-order valence-electron chi connectivity index (χ4n) is 0.118. The predicted octanol–water partition coefficient (Wildman–Crippen LogP) is 0.955. The Morgan fingerprint density at radius 3 is 2.50 bits per heavy atom. The van der Waals surface area contributed by atoms with E-state index in [0.717, 1.165) is 6.08 Å². The van der Waals surface area contributed by atoms with Crippen LogP contribution in [0.25, 0.3) is 0 Å². The lowest BCUT2D eigenvalue weighted by molar-refractivity contribution is -0.114. The van der Waals surface area contributed by atoms with Gasteiger partial charge >= 0.3 is 5.78 Å². The summed E-state index contributed by atoms with van der Waals surface area (Å²) < 4.78 is 0. The first-order valence-electron chi connectivity index (χ1n) is 1.89. The van der Waals surface area contributed by atoms with Gasteiger partial charge < -0.3 is 0 Å². The molecule has 0 aliphatic heterocycles. The van der Waals surface area contributed by atoms with Gasteiger partial charge in [-0.15, -0.1) is 0 Å². The molecule has 0 amide bonds. The molecule has 0 atom stereocenters. The van der Waals surface area contributed by atoms with Gasteiger partial charge in [-0.3, -0.25) is 0 Å². The minimum absolute atomic E-state index is 0.00463. The number of rotatable bonds is 2. The van der Waals surface area contributed by atoms with E-state index in [1.807, 2.05) is 0 Å². The van der Waals surface area contributed by atoms with Gasteiger partial charge in [-0.2, -0.15) is 4.79 Å². The number of ketones is 1. The summed E-state index contributed by atoms with van der Waals surface area (Å²) in [5, 5.41) is 0. The van der Waals surface area contributed by atoms with Gasteiger partial charge in [-0.05, 0) is 6.92 Å². The van der Waals surface area contributed by atoms with Gasteiger partial charge in [0.05, 0.1) is 13.0 Å². The molecule has 6 heavy (non-hydrogen) atoms. The van der Waals surface area contributed by atoms with Crippen molar-refractivity contribution in [3.05, 3.63) is 12.7 Å². The Hall–Kier alpha value is -0.680. The molecule has 0 saturated heterocycles. The molecule has 0 radical (unpaired) electrons. The van der Waals surface area contributed by atoms with E-state index >= 15 is 0 Å². The standard InChI is InChI=1S/C5H7O/c1-3-5(6)4-2/h1,3H,4H2,2H3/q+1. The highest BCUT2D eigenvalue weighted by molar-refractivity contribution is 5.88. The highest BCUT2D eigenvalue weighted by Gasteiger charge is 1.95. The summed E-state index contributed by atoms with van der Waals surface area (Å²) in [6.45, 7) is 6.58. The number of allylic oxidation sites excluding steroid dienone is 1. The van der Waals surface area contributed by atoms with Gasteiger partial charge in [-0.1, -0.05) is 0 Å². The Bertz CT molecular complexity index is 64.3. The molecule has 0 aromatic heterocycles. The van der Waals surface area contributed by atoms with Crippen LogP contribution in [0, 0.1) is 6.58 Å². The van der Waals surface area contributed by atoms with Crippen molar-refractivity contribution in [1.82, 2.24) is 0 Å². The van der Waals surface area contributed by atoms with Crippen LogP contribution in [0.5, 0.6) is 0 Å². The number of hydrogen-bond acceptors (Lipinski definition) is 1. The molecule has 0 aromatic rings. The summed E-state index contributed by atoms with van der Waals surface area (Å²) >= 11 is 0. The van der Waals surface area contributed by atoms with E-state index in [-0.39, 0.29) is 5.78 Å². The molecule has 0 aliphatic rings. The van der Waals surface area contributed by atoms with Crippen molar-refractivity contribution in [2.75, 3.05) is 0 Å². The van der Waals surface area contributed by atoms with Crippen LogP contribution in [0.2, 0.25) is 0 Å². The van der Waals surface area contributed by atoms with Crippen LogP contribution in [0.3, 0.4) is 0 Å². The lowest BCUT2D eigenvalue weighted by Crippen LogP contribution is -1.83. The molecule has 0 aliphatic carbocycles. The molecule has 0 spiro atoms. The number of hydrogen-bond donors (Lipinski definition) is 0. The maximum absolute atomic E-state index is 10.0. The predicted molar refractivity (Wildman–Crippen MR) is 24.2 cm³/mol. The van der Waals surface area contributed by atoms with E-state index < -0.39 is 0 Å². The zero-order chi connectivity index (χ0) is 4.99. The van der Waals surface area contributed by atoms with Crippen molar-refractivity contribution in [1.29, 1.82) is 0 Å². The third-order valence-corrected chi connectivity index (χ3v) is 0.534. The molecule has 0 aromatic carbocycles. The minimum Gasteiger partial charge on any atom is -0.177 e. The quantitative estimate of drug-likeness (QED) is 0.359. The number of carbonyl (C=O) groups is 1. The lowest BCUT2D eigenvalue weighted by atomic mass is 10.3. The minimum atomic E-state index is -0.00463. The van der Waals surface area contributed by atoms with Crippen LogP contribution in [0.4, 0.5) is 0 Å². The summed E-state index contributed by atoms with van der Waals surface area (Å²) in [4.78, 5) is 10.0. The highest BCUT2D eigenvalue weighted by Crippen LogP contribution is 1.76. The SMILES string of the molecule is [CH+]=CC(=O)CC. The lowest BCUT2D eigenvalue weighted by Gasteiger charge is -1.63. The van der Waals surface area contributed by atoms with Crippen LogP contribution in [-0.4, -0.2) is 5.78 Å². The average Bonchev–Trinajstić information content (AvgIpc) is 1.65. The maximum atomic E-state index is 10.0. The van der Waals surface area contributed by atoms with Crippen molar-refractivity contribution in [2.45, 2.75) is 13.3 Å². The first kappa shape index (κ1) is 5.32. The highest BCUT2D eigenvalue weighted by atomic mass is 16.1. The summed E-state index contributed by atoms with van der Waals surface area (Å²) in [7, 11) is 0. The fourth-order valence-corrected chi connectivity index (χ4v) is 0.118. The van der Waals surface area contributed by atoms with Gasteiger partial charge in [0.15, 0.2) is 6.08 Å². The summed E-state index contributed by atoms with van der Waals surface area (Å²) in [5.74, 6) is -0.00463. The van der Waals surface area contributed by atoms with Crippen LogP contribution in [0.15, 0.2) is 6.08 Å². The van der Waals surface area contributed by atoms with Crippen LogP contribution in [0.1, 0.15) is 13.3 Å². The summed E-state index contributed by atoms with van der Waals surface area (Å²) in [6.07, 6.45) is 1.59.